The smallest absolute Gasteiger partial charge is 0.228 e. The predicted octanol–water partition coefficient (Wildman–Crippen LogP) is 2.60. The Morgan fingerprint density at radius 3 is 2.87 bits per heavy atom. The molecule has 5 heteroatoms. The molecule has 2 amide bonds. The van der Waals surface area contributed by atoms with E-state index in [1.807, 2.05) is 37.3 Å². The summed E-state index contributed by atoms with van der Waals surface area (Å²) in [4.78, 5) is 28.2. The van der Waals surface area contributed by atoms with E-state index in [4.69, 9.17) is 4.42 Å². The number of carbonyl (C=O) groups is 2. The first-order valence-corrected chi connectivity index (χ1v) is 7.69. The van der Waals surface area contributed by atoms with Crippen molar-refractivity contribution in [1.82, 2.24) is 4.90 Å². The van der Waals surface area contributed by atoms with E-state index in [0.717, 1.165) is 17.0 Å². The molecule has 1 aliphatic rings. The van der Waals surface area contributed by atoms with Gasteiger partial charge < -0.3 is 14.2 Å². The van der Waals surface area contributed by atoms with E-state index in [-0.39, 0.29) is 24.2 Å². The molecule has 1 aliphatic heterocycles. The van der Waals surface area contributed by atoms with Gasteiger partial charge >= 0.3 is 0 Å². The van der Waals surface area contributed by atoms with E-state index in [1.54, 1.807) is 29.2 Å². The number of hydrogen-bond donors (Lipinski definition) is 0. The fraction of sp³-hybridized carbons (Fsp3) is 0.333. The molecular weight excluding hydrogens is 292 g/mol. The summed E-state index contributed by atoms with van der Waals surface area (Å²) in [6.07, 6.45) is 1.85. The van der Waals surface area contributed by atoms with Crippen molar-refractivity contribution in [2.24, 2.45) is 5.92 Å². The number of furan rings is 1. The summed E-state index contributed by atoms with van der Waals surface area (Å²) in [5.41, 5.74) is 1.96. The Bertz CT molecular complexity index is 709. The Morgan fingerprint density at radius 2 is 2.17 bits per heavy atom. The lowest BCUT2D eigenvalue weighted by Crippen LogP contribution is -2.34. The molecule has 0 spiro atoms. The third-order valence-electron chi connectivity index (χ3n) is 4.14. The number of hydrogen-bond acceptors (Lipinski definition) is 3. The van der Waals surface area contributed by atoms with E-state index < -0.39 is 0 Å². The van der Waals surface area contributed by atoms with Crippen LogP contribution in [0.25, 0.3) is 0 Å². The predicted molar refractivity (Wildman–Crippen MR) is 86.8 cm³/mol. The van der Waals surface area contributed by atoms with E-state index in [9.17, 15) is 9.59 Å². The molecule has 1 atom stereocenters. The Kier molecular flexibility index (Phi) is 4.19. The summed E-state index contributed by atoms with van der Waals surface area (Å²) >= 11 is 0. The van der Waals surface area contributed by atoms with Crippen molar-refractivity contribution in [3.05, 3.63) is 54.0 Å². The highest BCUT2D eigenvalue weighted by atomic mass is 16.3. The molecule has 2 heterocycles. The second kappa shape index (κ2) is 6.28. The third kappa shape index (κ3) is 3.28. The molecule has 1 fully saturated rings. The largest absolute Gasteiger partial charge is 0.467 e. The van der Waals surface area contributed by atoms with Crippen molar-refractivity contribution in [1.29, 1.82) is 0 Å². The van der Waals surface area contributed by atoms with Gasteiger partial charge in [0.15, 0.2) is 0 Å². The van der Waals surface area contributed by atoms with Crippen LogP contribution in [-0.4, -0.2) is 30.3 Å². The molecule has 3 rings (SSSR count). The Morgan fingerprint density at radius 1 is 1.35 bits per heavy atom. The fourth-order valence-corrected chi connectivity index (χ4v) is 2.94. The minimum Gasteiger partial charge on any atom is -0.467 e. The first kappa shape index (κ1) is 15.3. The molecule has 2 aromatic rings. The summed E-state index contributed by atoms with van der Waals surface area (Å²) in [5, 5.41) is 0. The second-order valence-corrected chi connectivity index (χ2v) is 6.02. The van der Waals surface area contributed by atoms with Crippen molar-refractivity contribution in [3.63, 3.8) is 0 Å². The van der Waals surface area contributed by atoms with Gasteiger partial charge in [0, 0.05) is 25.7 Å². The SMILES string of the molecule is Cc1cccc(N2C[C@@H](C(=O)N(C)Cc3ccco3)CC2=O)c1. The first-order chi connectivity index (χ1) is 11.0. The van der Waals surface area contributed by atoms with E-state index in [1.165, 1.54) is 0 Å². The second-order valence-electron chi connectivity index (χ2n) is 6.02. The van der Waals surface area contributed by atoms with Crippen molar-refractivity contribution in [2.45, 2.75) is 19.9 Å². The number of nitrogens with zero attached hydrogens (tertiary/aromatic N) is 2. The summed E-state index contributed by atoms with van der Waals surface area (Å²) in [7, 11) is 1.74. The average Bonchev–Trinajstić information content (AvgIpc) is 3.16. The lowest BCUT2D eigenvalue weighted by Gasteiger charge is -2.21. The molecule has 23 heavy (non-hydrogen) atoms. The van der Waals surface area contributed by atoms with Gasteiger partial charge in [-0.3, -0.25) is 9.59 Å². The van der Waals surface area contributed by atoms with Gasteiger partial charge in [-0.15, -0.1) is 0 Å². The highest BCUT2D eigenvalue weighted by Crippen LogP contribution is 2.27. The maximum Gasteiger partial charge on any atom is 0.228 e. The summed E-state index contributed by atoms with van der Waals surface area (Å²) in [5.74, 6) is 0.411. The van der Waals surface area contributed by atoms with Crippen LogP contribution in [0.1, 0.15) is 17.7 Å². The van der Waals surface area contributed by atoms with E-state index >= 15 is 0 Å². The third-order valence-corrected chi connectivity index (χ3v) is 4.14. The average molecular weight is 312 g/mol. The molecule has 0 bridgehead atoms. The molecule has 1 aromatic carbocycles. The van der Waals surface area contributed by atoms with Gasteiger partial charge in [0.1, 0.15) is 5.76 Å². The quantitative estimate of drug-likeness (QED) is 0.872. The maximum atomic E-state index is 12.6. The van der Waals surface area contributed by atoms with Gasteiger partial charge in [-0.05, 0) is 36.8 Å². The monoisotopic (exact) mass is 312 g/mol. The van der Waals surface area contributed by atoms with E-state index in [2.05, 4.69) is 0 Å². The molecule has 0 aliphatic carbocycles. The molecule has 120 valence electrons. The number of amides is 2. The van der Waals surface area contributed by atoms with Crippen LogP contribution in [0.3, 0.4) is 0 Å². The molecule has 1 aromatic heterocycles. The van der Waals surface area contributed by atoms with Crippen LogP contribution in [-0.2, 0) is 16.1 Å². The van der Waals surface area contributed by atoms with Gasteiger partial charge in [0.25, 0.3) is 0 Å². The molecule has 1 saturated heterocycles. The van der Waals surface area contributed by atoms with Crippen LogP contribution < -0.4 is 4.90 Å². The Balaban J connectivity index is 1.68. The van der Waals surface area contributed by atoms with Crippen LogP contribution in [0.2, 0.25) is 0 Å². The molecular formula is C18H20N2O3. The summed E-state index contributed by atoms with van der Waals surface area (Å²) in [6, 6.07) is 11.4. The normalized spacial score (nSPS) is 17.6. The molecule has 0 saturated carbocycles. The highest BCUT2D eigenvalue weighted by molar-refractivity contribution is 6.00. The number of carbonyl (C=O) groups excluding carboxylic acids is 2. The van der Waals surface area contributed by atoms with Crippen molar-refractivity contribution >= 4 is 17.5 Å². The first-order valence-electron chi connectivity index (χ1n) is 7.69. The van der Waals surface area contributed by atoms with Crippen molar-refractivity contribution in [3.8, 4) is 0 Å². The fourth-order valence-electron chi connectivity index (χ4n) is 2.94. The Labute approximate surface area is 135 Å². The van der Waals surface area contributed by atoms with E-state index in [0.29, 0.717) is 13.1 Å². The van der Waals surface area contributed by atoms with Crippen LogP contribution in [0.5, 0.6) is 0 Å². The number of benzene rings is 1. The molecule has 0 radical (unpaired) electrons. The van der Waals surface area contributed by atoms with Gasteiger partial charge in [-0.1, -0.05) is 12.1 Å². The number of rotatable bonds is 4. The summed E-state index contributed by atoms with van der Waals surface area (Å²) in [6.45, 7) is 2.84. The van der Waals surface area contributed by atoms with Gasteiger partial charge in [-0.25, -0.2) is 0 Å². The molecule has 0 unspecified atom stereocenters. The minimum absolute atomic E-state index is 0.000323. The van der Waals surface area contributed by atoms with Crippen LogP contribution in [0.15, 0.2) is 47.1 Å². The number of anilines is 1. The van der Waals surface area contributed by atoms with Crippen molar-refractivity contribution < 1.29 is 14.0 Å². The van der Waals surface area contributed by atoms with Crippen LogP contribution >= 0.6 is 0 Å². The zero-order valence-corrected chi connectivity index (χ0v) is 13.4. The van der Waals surface area contributed by atoms with Crippen molar-refractivity contribution in [2.75, 3.05) is 18.5 Å². The molecule has 5 nitrogen and oxygen atoms in total. The highest BCUT2D eigenvalue weighted by Gasteiger charge is 2.36. The minimum atomic E-state index is -0.303. The number of aryl methyl sites for hydroxylation is 1. The van der Waals surface area contributed by atoms with Crippen LogP contribution in [0.4, 0.5) is 5.69 Å². The topological polar surface area (TPSA) is 53.8 Å². The van der Waals surface area contributed by atoms with Gasteiger partial charge in [-0.2, -0.15) is 0 Å². The standard InChI is InChI=1S/C18H20N2O3/c1-13-5-3-6-15(9-13)20-11-14(10-17(20)21)18(22)19(2)12-16-7-4-8-23-16/h3-9,14H,10-12H2,1-2H3/t14-/m0/s1. The van der Waals surface area contributed by atoms with Gasteiger partial charge in [0.05, 0.1) is 18.7 Å². The maximum absolute atomic E-state index is 12.6. The zero-order valence-electron chi connectivity index (χ0n) is 13.4. The lowest BCUT2D eigenvalue weighted by molar-refractivity contribution is -0.135. The zero-order chi connectivity index (χ0) is 16.4. The van der Waals surface area contributed by atoms with Gasteiger partial charge in [0.2, 0.25) is 11.8 Å². The lowest BCUT2D eigenvalue weighted by atomic mass is 10.1. The summed E-state index contributed by atoms with van der Waals surface area (Å²) < 4.78 is 5.27. The van der Waals surface area contributed by atoms with Crippen LogP contribution in [0, 0.1) is 12.8 Å². The Hall–Kier alpha value is -2.56. The molecule has 0 N–H and O–H groups in total.